The van der Waals surface area contributed by atoms with Crippen LogP contribution in [0.25, 0.3) is 27.9 Å². The monoisotopic (exact) mass is 383 g/mol. The van der Waals surface area contributed by atoms with E-state index in [0.29, 0.717) is 22.9 Å². The van der Waals surface area contributed by atoms with Crippen LogP contribution >= 0.6 is 11.6 Å². The molecule has 8 nitrogen and oxygen atoms in total. The zero-order valence-electron chi connectivity index (χ0n) is 15.2. The van der Waals surface area contributed by atoms with E-state index >= 15 is 0 Å². The van der Waals surface area contributed by atoms with Crippen molar-refractivity contribution < 1.29 is 0 Å². The van der Waals surface area contributed by atoms with Crippen LogP contribution in [0.4, 0.5) is 0 Å². The standard InChI is InChI=1S/C18H18ClN7O/c1-11-14(12-4-6-13(19)7-5-12)16-22-21-15-17(26(16)23-11)20-10-25(18(15)27)9-8-24(2)3/h4-7,10H,8-9H2,1-3H3. The van der Waals surface area contributed by atoms with E-state index in [9.17, 15) is 4.79 Å². The Hall–Kier alpha value is -2.84. The molecule has 0 N–H and O–H groups in total. The van der Waals surface area contributed by atoms with E-state index < -0.39 is 0 Å². The smallest absolute Gasteiger partial charge is 0.283 e. The highest BCUT2D eigenvalue weighted by Crippen LogP contribution is 2.28. The van der Waals surface area contributed by atoms with Gasteiger partial charge in [0.2, 0.25) is 0 Å². The van der Waals surface area contributed by atoms with E-state index in [2.05, 4.69) is 20.3 Å². The van der Waals surface area contributed by atoms with E-state index in [-0.39, 0.29) is 11.1 Å². The van der Waals surface area contributed by atoms with Gasteiger partial charge in [-0.15, -0.1) is 10.2 Å². The van der Waals surface area contributed by atoms with Gasteiger partial charge in [-0.1, -0.05) is 23.7 Å². The minimum absolute atomic E-state index is 0.203. The van der Waals surface area contributed by atoms with Gasteiger partial charge in [0.15, 0.2) is 16.8 Å². The van der Waals surface area contributed by atoms with Crippen molar-refractivity contribution >= 4 is 28.4 Å². The Bertz CT molecular complexity index is 1190. The quantitative estimate of drug-likeness (QED) is 0.536. The number of fused-ring (bicyclic) bond motifs is 3. The second-order valence-corrected chi connectivity index (χ2v) is 7.06. The molecule has 4 aromatic rings. The number of halogens is 1. The molecule has 0 atom stereocenters. The maximum Gasteiger partial charge on any atom is 0.283 e. The summed E-state index contributed by atoms with van der Waals surface area (Å²) in [6, 6.07) is 7.45. The summed E-state index contributed by atoms with van der Waals surface area (Å²) in [6.07, 6.45) is 1.54. The Labute approximate surface area is 160 Å². The van der Waals surface area contributed by atoms with Gasteiger partial charge in [0.05, 0.1) is 11.3 Å². The minimum atomic E-state index is -0.225. The van der Waals surface area contributed by atoms with E-state index in [0.717, 1.165) is 23.4 Å². The summed E-state index contributed by atoms with van der Waals surface area (Å²) in [5.74, 6) is 0. The molecule has 9 heteroatoms. The van der Waals surface area contributed by atoms with Crippen molar-refractivity contribution in [1.82, 2.24) is 34.3 Å². The molecule has 0 spiro atoms. The first-order valence-electron chi connectivity index (χ1n) is 8.47. The van der Waals surface area contributed by atoms with Crippen molar-refractivity contribution in [2.24, 2.45) is 0 Å². The minimum Gasteiger partial charge on any atom is -0.308 e. The number of hydrogen-bond donors (Lipinski definition) is 0. The average Bonchev–Trinajstić information content (AvgIpc) is 2.98. The maximum absolute atomic E-state index is 12.7. The Morgan fingerprint density at radius 2 is 1.85 bits per heavy atom. The number of nitrogens with zero attached hydrogens (tertiary/aromatic N) is 7. The van der Waals surface area contributed by atoms with E-state index in [4.69, 9.17) is 11.6 Å². The summed E-state index contributed by atoms with van der Waals surface area (Å²) in [7, 11) is 3.90. The van der Waals surface area contributed by atoms with Crippen LogP contribution in [-0.4, -0.2) is 54.9 Å². The van der Waals surface area contributed by atoms with Crippen molar-refractivity contribution in [3.63, 3.8) is 0 Å². The first-order valence-corrected chi connectivity index (χ1v) is 8.85. The first-order chi connectivity index (χ1) is 13.0. The fourth-order valence-electron chi connectivity index (χ4n) is 2.99. The molecule has 0 saturated carbocycles. The number of benzene rings is 1. The third kappa shape index (κ3) is 3.07. The van der Waals surface area contributed by atoms with Crippen LogP contribution < -0.4 is 5.56 Å². The number of aryl methyl sites for hydroxylation is 1. The average molecular weight is 384 g/mol. The lowest BCUT2D eigenvalue weighted by Gasteiger charge is -2.11. The summed E-state index contributed by atoms with van der Waals surface area (Å²) in [6.45, 7) is 3.15. The highest BCUT2D eigenvalue weighted by Gasteiger charge is 2.18. The molecular formula is C18H18ClN7O. The van der Waals surface area contributed by atoms with Crippen molar-refractivity contribution in [2.75, 3.05) is 20.6 Å². The second-order valence-electron chi connectivity index (χ2n) is 6.62. The maximum atomic E-state index is 12.7. The van der Waals surface area contributed by atoms with E-state index in [1.165, 1.54) is 6.33 Å². The van der Waals surface area contributed by atoms with Gasteiger partial charge >= 0.3 is 0 Å². The molecule has 0 aliphatic heterocycles. The molecule has 3 aromatic heterocycles. The summed E-state index contributed by atoms with van der Waals surface area (Å²) in [4.78, 5) is 19.2. The van der Waals surface area contributed by atoms with Crippen LogP contribution in [0.2, 0.25) is 5.02 Å². The topological polar surface area (TPSA) is 81.2 Å². The normalized spacial score (nSPS) is 11.7. The zero-order valence-corrected chi connectivity index (χ0v) is 16.0. The van der Waals surface area contributed by atoms with Gasteiger partial charge in [-0.25, -0.2) is 4.98 Å². The molecule has 0 saturated heterocycles. The molecule has 4 rings (SSSR count). The Balaban J connectivity index is 1.90. The molecule has 0 amide bonds. The van der Waals surface area contributed by atoms with Gasteiger partial charge in [0, 0.05) is 18.1 Å². The molecule has 138 valence electrons. The van der Waals surface area contributed by atoms with Crippen molar-refractivity contribution in [3.8, 4) is 11.1 Å². The molecule has 1 aromatic carbocycles. The van der Waals surface area contributed by atoms with Crippen LogP contribution in [0.5, 0.6) is 0 Å². The summed E-state index contributed by atoms with van der Waals surface area (Å²) in [5.41, 5.74) is 3.48. The fourth-order valence-corrected chi connectivity index (χ4v) is 3.11. The first kappa shape index (κ1) is 17.6. The van der Waals surface area contributed by atoms with Crippen molar-refractivity contribution in [2.45, 2.75) is 13.5 Å². The van der Waals surface area contributed by atoms with Gasteiger partial charge in [-0.3, -0.25) is 9.36 Å². The molecule has 0 fully saturated rings. The SMILES string of the molecule is Cc1nn2c(nnc3c(=O)n(CCN(C)C)cnc32)c1-c1ccc(Cl)cc1. The Morgan fingerprint density at radius 3 is 2.56 bits per heavy atom. The number of rotatable bonds is 4. The molecule has 0 bridgehead atoms. The molecule has 27 heavy (non-hydrogen) atoms. The predicted molar refractivity (Wildman–Crippen MR) is 104 cm³/mol. The van der Waals surface area contributed by atoms with Crippen LogP contribution in [0.3, 0.4) is 0 Å². The van der Waals surface area contributed by atoms with Crippen LogP contribution in [0, 0.1) is 6.92 Å². The van der Waals surface area contributed by atoms with Gasteiger partial charge in [-0.2, -0.15) is 9.61 Å². The number of aromatic nitrogens is 6. The van der Waals surface area contributed by atoms with Gasteiger partial charge in [0.25, 0.3) is 5.56 Å². The van der Waals surface area contributed by atoms with Crippen LogP contribution in [0.15, 0.2) is 35.4 Å². The number of likely N-dealkylation sites (N-methyl/N-ethyl adjacent to an activating group) is 1. The fraction of sp³-hybridized carbons (Fsp3) is 0.278. The molecule has 0 aliphatic carbocycles. The third-order valence-electron chi connectivity index (χ3n) is 4.40. The molecule has 0 aliphatic rings. The highest BCUT2D eigenvalue weighted by molar-refractivity contribution is 6.30. The summed E-state index contributed by atoms with van der Waals surface area (Å²) in [5, 5.41) is 13.7. The highest BCUT2D eigenvalue weighted by atomic mass is 35.5. The van der Waals surface area contributed by atoms with Gasteiger partial charge < -0.3 is 4.90 Å². The zero-order chi connectivity index (χ0) is 19.1. The van der Waals surface area contributed by atoms with Crippen LogP contribution in [0.1, 0.15) is 5.69 Å². The van der Waals surface area contributed by atoms with Crippen molar-refractivity contribution in [3.05, 3.63) is 51.7 Å². The van der Waals surface area contributed by atoms with Crippen molar-refractivity contribution in [1.29, 1.82) is 0 Å². The third-order valence-corrected chi connectivity index (χ3v) is 4.65. The van der Waals surface area contributed by atoms with Crippen LogP contribution in [-0.2, 0) is 6.54 Å². The Morgan fingerprint density at radius 1 is 1.11 bits per heavy atom. The lowest BCUT2D eigenvalue weighted by molar-refractivity contribution is 0.380. The lowest BCUT2D eigenvalue weighted by Crippen LogP contribution is -2.28. The second kappa shape index (κ2) is 6.71. The lowest BCUT2D eigenvalue weighted by atomic mass is 10.1. The van der Waals surface area contributed by atoms with E-state index in [1.807, 2.05) is 50.2 Å². The van der Waals surface area contributed by atoms with Gasteiger partial charge in [-0.05, 0) is 38.7 Å². The predicted octanol–water partition coefficient (Wildman–Crippen LogP) is 2.02. The van der Waals surface area contributed by atoms with Gasteiger partial charge in [0.1, 0.15) is 6.33 Å². The summed E-state index contributed by atoms with van der Waals surface area (Å²) < 4.78 is 3.12. The van der Waals surface area contributed by atoms with E-state index in [1.54, 1.807) is 9.08 Å². The molecule has 3 heterocycles. The molecular weight excluding hydrogens is 366 g/mol. The molecule has 0 radical (unpaired) electrons. The Kier molecular flexibility index (Phi) is 4.37. The number of hydrogen-bond acceptors (Lipinski definition) is 6. The largest absolute Gasteiger partial charge is 0.308 e. The molecule has 0 unspecified atom stereocenters. The summed E-state index contributed by atoms with van der Waals surface area (Å²) >= 11 is 5.99.